The molecule has 0 saturated heterocycles. The van der Waals surface area contributed by atoms with E-state index in [2.05, 4.69) is 4.98 Å². The predicted octanol–water partition coefficient (Wildman–Crippen LogP) is 2.69. The van der Waals surface area contributed by atoms with E-state index in [0.717, 1.165) is 0 Å². The minimum Gasteiger partial charge on any atom is -0.490 e. The lowest BCUT2D eigenvalue weighted by molar-refractivity contribution is 0.337. The van der Waals surface area contributed by atoms with Crippen LogP contribution in [0.4, 0.5) is 0 Å². The van der Waals surface area contributed by atoms with Gasteiger partial charge in [-0.15, -0.1) is 0 Å². The van der Waals surface area contributed by atoms with Gasteiger partial charge >= 0.3 is 0 Å². The minimum atomic E-state index is -0.233. The van der Waals surface area contributed by atoms with Crippen molar-refractivity contribution in [2.45, 2.75) is 6.92 Å². The standard InChI is InChI=1S/C14H11NO3/c1-2-17-12-8-7-11-13(14(12)16)15-9-5-3-4-6-10(9)18-11/h3-8H,2H2,1H3. The molecule has 0 atom stereocenters. The van der Waals surface area contributed by atoms with Gasteiger partial charge in [-0.3, -0.25) is 4.79 Å². The summed E-state index contributed by atoms with van der Waals surface area (Å²) in [5, 5.41) is 0. The van der Waals surface area contributed by atoms with Gasteiger partial charge in [0.25, 0.3) is 0 Å². The highest BCUT2D eigenvalue weighted by atomic mass is 16.5. The van der Waals surface area contributed by atoms with Crippen molar-refractivity contribution in [1.82, 2.24) is 4.98 Å². The summed E-state index contributed by atoms with van der Waals surface area (Å²) in [6, 6.07) is 10.7. The van der Waals surface area contributed by atoms with Gasteiger partial charge in [0, 0.05) is 0 Å². The van der Waals surface area contributed by atoms with E-state index in [-0.39, 0.29) is 5.43 Å². The summed E-state index contributed by atoms with van der Waals surface area (Å²) in [6.07, 6.45) is 0. The van der Waals surface area contributed by atoms with Gasteiger partial charge in [-0.25, -0.2) is 4.98 Å². The zero-order valence-electron chi connectivity index (χ0n) is 9.84. The lowest BCUT2D eigenvalue weighted by Gasteiger charge is -2.07. The summed E-state index contributed by atoms with van der Waals surface area (Å²) >= 11 is 0. The third kappa shape index (κ3) is 1.62. The van der Waals surface area contributed by atoms with Crippen LogP contribution in [0.25, 0.3) is 22.6 Å². The third-order valence-corrected chi connectivity index (χ3v) is 2.68. The van der Waals surface area contributed by atoms with Crippen molar-refractivity contribution < 1.29 is 9.15 Å². The first-order valence-electron chi connectivity index (χ1n) is 5.75. The second kappa shape index (κ2) is 4.14. The average Bonchev–Trinajstić information content (AvgIpc) is 2.41. The monoisotopic (exact) mass is 241 g/mol. The molecule has 0 fully saturated rings. The number of hydrogen-bond acceptors (Lipinski definition) is 4. The van der Waals surface area contributed by atoms with Crippen LogP contribution in [0.1, 0.15) is 6.92 Å². The number of para-hydroxylation sites is 2. The van der Waals surface area contributed by atoms with Crippen LogP contribution < -0.4 is 10.2 Å². The summed E-state index contributed by atoms with van der Waals surface area (Å²) in [7, 11) is 0. The Morgan fingerprint density at radius 2 is 2.06 bits per heavy atom. The van der Waals surface area contributed by atoms with E-state index in [1.165, 1.54) is 0 Å². The molecule has 0 unspecified atom stereocenters. The van der Waals surface area contributed by atoms with Crippen LogP contribution in [-0.2, 0) is 0 Å². The van der Waals surface area contributed by atoms with E-state index in [1.807, 2.05) is 31.2 Å². The Labute approximate surface area is 103 Å². The molecule has 0 aromatic heterocycles. The minimum absolute atomic E-state index is 0.233. The molecule has 1 aliphatic carbocycles. The van der Waals surface area contributed by atoms with Crippen molar-refractivity contribution in [3.63, 3.8) is 0 Å². The molecule has 90 valence electrons. The summed E-state index contributed by atoms with van der Waals surface area (Å²) in [4.78, 5) is 16.4. The van der Waals surface area contributed by atoms with E-state index in [9.17, 15) is 4.79 Å². The molecule has 3 rings (SSSR count). The van der Waals surface area contributed by atoms with Gasteiger partial charge in [0.15, 0.2) is 22.8 Å². The molecule has 1 aromatic rings. The van der Waals surface area contributed by atoms with Crippen LogP contribution >= 0.6 is 0 Å². The second-order valence-electron chi connectivity index (χ2n) is 3.85. The normalized spacial score (nSPS) is 10.9. The van der Waals surface area contributed by atoms with Crippen LogP contribution in [0.3, 0.4) is 0 Å². The summed E-state index contributed by atoms with van der Waals surface area (Å²) < 4.78 is 10.9. The molecule has 1 heterocycles. The fraction of sp³-hybridized carbons (Fsp3) is 0.143. The quantitative estimate of drug-likeness (QED) is 0.647. The second-order valence-corrected chi connectivity index (χ2v) is 3.85. The molecule has 0 radical (unpaired) electrons. The van der Waals surface area contributed by atoms with E-state index in [4.69, 9.17) is 9.15 Å². The van der Waals surface area contributed by atoms with Gasteiger partial charge in [0.2, 0.25) is 5.43 Å². The van der Waals surface area contributed by atoms with E-state index < -0.39 is 0 Å². The molecule has 1 aromatic carbocycles. The van der Waals surface area contributed by atoms with Gasteiger partial charge in [0.1, 0.15) is 5.52 Å². The average molecular weight is 241 g/mol. The fourth-order valence-corrected chi connectivity index (χ4v) is 1.87. The molecule has 0 N–H and O–H groups in total. The number of aromatic nitrogens is 1. The molecular formula is C14H11NO3. The first-order chi connectivity index (χ1) is 8.79. The number of rotatable bonds is 2. The predicted molar refractivity (Wildman–Crippen MR) is 68.1 cm³/mol. The smallest absolute Gasteiger partial charge is 0.249 e. The largest absolute Gasteiger partial charge is 0.490 e. The van der Waals surface area contributed by atoms with Crippen molar-refractivity contribution in [3.8, 4) is 17.2 Å². The molecule has 18 heavy (non-hydrogen) atoms. The molecule has 0 saturated carbocycles. The van der Waals surface area contributed by atoms with Gasteiger partial charge in [-0.2, -0.15) is 0 Å². The van der Waals surface area contributed by atoms with Gasteiger partial charge < -0.3 is 9.15 Å². The maximum absolute atomic E-state index is 12.1. The Hall–Kier alpha value is -2.36. The number of hydrogen-bond donors (Lipinski definition) is 0. The Morgan fingerprint density at radius 1 is 1.22 bits per heavy atom. The van der Waals surface area contributed by atoms with Crippen molar-refractivity contribution in [2.75, 3.05) is 6.61 Å². The maximum atomic E-state index is 12.1. The fourth-order valence-electron chi connectivity index (χ4n) is 1.87. The third-order valence-electron chi connectivity index (χ3n) is 2.68. The van der Waals surface area contributed by atoms with Gasteiger partial charge in [-0.1, -0.05) is 12.1 Å². The first-order valence-corrected chi connectivity index (χ1v) is 5.75. The Bertz CT molecular complexity index is 733. The number of fused-ring (bicyclic) bond motifs is 2. The summed E-state index contributed by atoms with van der Waals surface area (Å²) in [5.41, 5.74) is 1.40. The van der Waals surface area contributed by atoms with Crippen LogP contribution in [0.15, 0.2) is 45.6 Å². The van der Waals surface area contributed by atoms with E-state index >= 15 is 0 Å². The van der Waals surface area contributed by atoms with Crippen LogP contribution in [-0.4, -0.2) is 11.6 Å². The van der Waals surface area contributed by atoms with Crippen molar-refractivity contribution in [2.24, 2.45) is 0 Å². The Morgan fingerprint density at radius 3 is 2.89 bits per heavy atom. The van der Waals surface area contributed by atoms with Crippen LogP contribution in [0, 0.1) is 0 Å². The number of nitrogens with zero attached hydrogens (tertiary/aromatic N) is 1. The summed E-state index contributed by atoms with van der Waals surface area (Å²) in [6.45, 7) is 2.29. The van der Waals surface area contributed by atoms with E-state index in [0.29, 0.717) is 34.9 Å². The highest BCUT2D eigenvalue weighted by molar-refractivity contribution is 5.76. The molecule has 4 nitrogen and oxygen atoms in total. The SMILES string of the molecule is CCOc1ccc2oc3ccccc3nc-2c1=O. The maximum Gasteiger partial charge on any atom is 0.249 e. The van der Waals surface area contributed by atoms with Crippen molar-refractivity contribution in [1.29, 1.82) is 0 Å². The molecular weight excluding hydrogens is 230 g/mol. The molecule has 0 bridgehead atoms. The van der Waals surface area contributed by atoms with Crippen molar-refractivity contribution >= 4 is 11.1 Å². The van der Waals surface area contributed by atoms with E-state index in [1.54, 1.807) is 12.1 Å². The molecule has 0 amide bonds. The lowest BCUT2D eigenvalue weighted by atomic mass is 10.2. The number of ether oxygens (including phenoxy) is 1. The van der Waals surface area contributed by atoms with Gasteiger partial charge in [-0.05, 0) is 31.2 Å². The molecule has 0 spiro atoms. The zero-order valence-corrected chi connectivity index (χ0v) is 9.84. The first kappa shape index (κ1) is 10.8. The highest BCUT2D eigenvalue weighted by Crippen LogP contribution is 2.24. The molecule has 1 aliphatic heterocycles. The van der Waals surface area contributed by atoms with Crippen molar-refractivity contribution in [3.05, 3.63) is 46.6 Å². The Kier molecular flexibility index (Phi) is 2.48. The van der Waals surface area contributed by atoms with Crippen LogP contribution in [0.2, 0.25) is 0 Å². The highest BCUT2D eigenvalue weighted by Gasteiger charge is 2.15. The molecule has 2 aliphatic rings. The Balaban J connectivity index is 2.34. The topological polar surface area (TPSA) is 52.3 Å². The lowest BCUT2D eigenvalue weighted by Crippen LogP contribution is -2.12. The zero-order chi connectivity index (χ0) is 12.5. The molecule has 4 heteroatoms. The van der Waals surface area contributed by atoms with Crippen LogP contribution in [0.5, 0.6) is 5.75 Å². The van der Waals surface area contributed by atoms with Gasteiger partial charge in [0.05, 0.1) is 6.61 Å². The summed E-state index contributed by atoms with van der Waals surface area (Å²) in [5.74, 6) is 0.783. The number of benzene rings is 2.